The summed E-state index contributed by atoms with van der Waals surface area (Å²) in [5.41, 5.74) is 1.74. The molecule has 1 aromatic heterocycles. The van der Waals surface area contributed by atoms with Crippen LogP contribution in [-0.2, 0) is 6.42 Å². The number of anilines is 1. The van der Waals surface area contributed by atoms with E-state index in [1.165, 1.54) is 36.0 Å². The summed E-state index contributed by atoms with van der Waals surface area (Å²) in [7, 11) is 3.07. The van der Waals surface area contributed by atoms with Crippen LogP contribution >= 0.6 is 22.9 Å². The average Bonchev–Trinajstić information content (AvgIpc) is 2.89. The molecule has 6 heteroatoms. The van der Waals surface area contributed by atoms with E-state index >= 15 is 0 Å². The minimum atomic E-state index is -0.167. The molecule has 1 aromatic carbocycles. The zero-order valence-electron chi connectivity index (χ0n) is 13.7. The largest absolute Gasteiger partial charge is 0.495 e. The summed E-state index contributed by atoms with van der Waals surface area (Å²) in [4.78, 5) is 14.3. The second-order valence-corrected chi connectivity index (χ2v) is 6.75. The molecule has 0 aliphatic rings. The summed E-state index contributed by atoms with van der Waals surface area (Å²) in [6.07, 6.45) is 2.04. The third kappa shape index (κ3) is 3.98. The minimum absolute atomic E-state index is 0.167. The van der Waals surface area contributed by atoms with Crippen LogP contribution in [-0.4, -0.2) is 20.1 Å². The van der Waals surface area contributed by atoms with Crippen LogP contribution in [0.3, 0.4) is 0 Å². The lowest BCUT2D eigenvalue weighted by Crippen LogP contribution is -2.11. The monoisotopic (exact) mass is 353 g/mol. The zero-order chi connectivity index (χ0) is 17.0. The average molecular weight is 354 g/mol. The fourth-order valence-corrected chi connectivity index (χ4v) is 3.50. The molecular weight excluding hydrogens is 334 g/mol. The highest BCUT2D eigenvalue weighted by molar-refractivity contribution is 7.14. The molecule has 1 amide bonds. The Labute approximate surface area is 145 Å². The van der Waals surface area contributed by atoms with Crippen LogP contribution in [0.5, 0.6) is 11.5 Å². The number of benzene rings is 1. The van der Waals surface area contributed by atoms with Gasteiger partial charge in [-0.1, -0.05) is 24.9 Å². The first-order valence-electron chi connectivity index (χ1n) is 7.32. The van der Waals surface area contributed by atoms with Gasteiger partial charge < -0.3 is 14.8 Å². The van der Waals surface area contributed by atoms with Crippen LogP contribution < -0.4 is 14.8 Å². The molecule has 1 heterocycles. The SMILES string of the molecule is CCCc1cc(C(=O)Nc2cc(Cl)c(OC)cc2OC)sc1C. The van der Waals surface area contributed by atoms with Gasteiger partial charge in [-0.3, -0.25) is 4.79 Å². The molecule has 2 rings (SSSR count). The molecule has 0 radical (unpaired) electrons. The summed E-state index contributed by atoms with van der Waals surface area (Å²) in [6, 6.07) is 5.24. The summed E-state index contributed by atoms with van der Waals surface area (Å²) in [5.74, 6) is 0.834. The molecule has 2 aromatic rings. The van der Waals surface area contributed by atoms with Gasteiger partial charge in [-0.25, -0.2) is 0 Å². The molecule has 4 nitrogen and oxygen atoms in total. The standard InChI is InChI=1S/C17H20ClNO3S/c1-5-6-11-7-16(23-10(11)2)17(20)19-13-8-12(18)14(21-3)9-15(13)22-4/h7-9H,5-6H2,1-4H3,(H,19,20). The number of aryl methyl sites for hydroxylation is 2. The summed E-state index contributed by atoms with van der Waals surface area (Å²) in [5, 5.41) is 3.27. The summed E-state index contributed by atoms with van der Waals surface area (Å²) < 4.78 is 10.5. The molecule has 1 N–H and O–H groups in total. The van der Waals surface area contributed by atoms with Gasteiger partial charge in [-0.05, 0) is 31.0 Å². The Balaban J connectivity index is 2.26. The van der Waals surface area contributed by atoms with Crippen molar-refractivity contribution in [3.05, 3.63) is 38.5 Å². The molecule has 0 spiro atoms. The normalized spacial score (nSPS) is 10.5. The van der Waals surface area contributed by atoms with Crippen LogP contribution in [0, 0.1) is 6.92 Å². The molecule has 23 heavy (non-hydrogen) atoms. The van der Waals surface area contributed by atoms with Crippen molar-refractivity contribution in [3.8, 4) is 11.5 Å². The Hall–Kier alpha value is -1.72. The van der Waals surface area contributed by atoms with E-state index in [0.29, 0.717) is 27.1 Å². The molecule has 0 saturated carbocycles. The summed E-state index contributed by atoms with van der Waals surface area (Å²) in [6.45, 7) is 4.17. The van der Waals surface area contributed by atoms with Crippen LogP contribution in [0.15, 0.2) is 18.2 Å². The van der Waals surface area contributed by atoms with Gasteiger partial charge in [-0.15, -0.1) is 11.3 Å². The Morgan fingerprint density at radius 3 is 2.52 bits per heavy atom. The fourth-order valence-electron chi connectivity index (χ4n) is 2.29. The highest BCUT2D eigenvalue weighted by atomic mass is 35.5. The van der Waals surface area contributed by atoms with Crippen molar-refractivity contribution >= 4 is 34.5 Å². The van der Waals surface area contributed by atoms with E-state index in [1.54, 1.807) is 12.1 Å². The van der Waals surface area contributed by atoms with Gasteiger partial charge in [0.1, 0.15) is 11.5 Å². The summed E-state index contributed by atoms with van der Waals surface area (Å²) >= 11 is 7.63. The molecule has 0 bridgehead atoms. The molecule has 0 unspecified atom stereocenters. The molecule has 0 aliphatic carbocycles. The number of halogens is 1. The molecule has 0 saturated heterocycles. The quantitative estimate of drug-likeness (QED) is 0.800. The maximum atomic E-state index is 12.5. The first-order chi connectivity index (χ1) is 11.0. The Kier molecular flexibility index (Phi) is 5.91. The third-order valence-electron chi connectivity index (χ3n) is 3.49. The lowest BCUT2D eigenvalue weighted by molar-refractivity contribution is 0.103. The predicted octanol–water partition coefficient (Wildman–Crippen LogP) is 4.93. The number of thiophene rings is 1. The fraction of sp³-hybridized carbons (Fsp3) is 0.353. The highest BCUT2D eigenvalue weighted by Crippen LogP contribution is 2.36. The number of methoxy groups -OCH3 is 2. The van der Waals surface area contributed by atoms with Gasteiger partial charge >= 0.3 is 0 Å². The van der Waals surface area contributed by atoms with E-state index in [2.05, 4.69) is 12.2 Å². The van der Waals surface area contributed by atoms with E-state index < -0.39 is 0 Å². The topological polar surface area (TPSA) is 47.6 Å². The van der Waals surface area contributed by atoms with Gasteiger partial charge in [0.2, 0.25) is 0 Å². The van der Waals surface area contributed by atoms with E-state index in [-0.39, 0.29) is 5.91 Å². The van der Waals surface area contributed by atoms with Gasteiger partial charge in [0.25, 0.3) is 5.91 Å². The van der Waals surface area contributed by atoms with Gasteiger partial charge in [0.05, 0.1) is 29.8 Å². The second kappa shape index (κ2) is 7.70. The van der Waals surface area contributed by atoms with Crippen LogP contribution in [0.2, 0.25) is 5.02 Å². The number of carbonyl (C=O) groups is 1. The van der Waals surface area contributed by atoms with Gasteiger partial charge in [0, 0.05) is 10.9 Å². The van der Waals surface area contributed by atoms with Crippen LogP contribution in [0.25, 0.3) is 0 Å². The highest BCUT2D eigenvalue weighted by Gasteiger charge is 2.16. The number of carbonyl (C=O) groups excluding carboxylic acids is 1. The number of amides is 1. The maximum Gasteiger partial charge on any atom is 0.265 e. The van der Waals surface area contributed by atoms with Gasteiger partial charge in [-0.2, -0.15) is 0 Å². The van der Waals surface area contributed by atoms with Gasteiger partial charge in [0.15, 0.2) is 0 Å². The van der Waals surface area contributed by atoms with Crippen molar-refractivity contribution in [2.45, 2.75) is 26.7 Å². The lowest BCUT2D eigenvalue weighted by Gasteiger charge is -2.12. The first-order valence-corrected chi connectivity index (χ1v) is 8.51. The Morgan fingerprint density at radius 1 is 1.22 bits per heavy atom. The molecule has 0 fully saturated rings. The number of rotatable bonds is 6. The Morgan fingerprint density at radius 2 is 1.91 bits per heavy atom. The van der Waals surface area contributed by atoms with Crippen LogP contribution in [0.1, 0.15) is 33.5 Å². The smallest absolute Gasteiger partial charge is 0.265 e. The first kappa shape index (κ1) is 17.6. The van der Waals surface area contributed by atoms with Crippen molar-refractivity contribution in [2.75, 3.05) is 19.5 Å². The van der Waals surface area contributed by atoms with Crippen LogP contribution in [0.4, 0.5) is 5.69 Å². The Bertz CT molecular complexity index is 712. The maximum absolute atomic E-state index is 12.5. The number of hydrogen-bond acceptors (Lipinski definition) is 4. The van der Waals surface area contributed by atoms with Crippen molar-refractivity contribution in [2.24, 2.45) is 0 Å². The van der Waals surface area contributed by atoms with E-state index in [9.17, 15) is 4.79 Å². The molecule has 0 aliphatic heterocycles. The second-order valence-electron chi connectivity index (χ2n) is 5.08. The zero-order valence-corrected chi connectivity index (χ0v) is 15.2. The van der Waals surface area contributed by atoms with E-state index in [1.807, 2.05) is 13.0 Å². The minimum Gasteiger partial charge on any atom is -0.495 e. The van der Waals surface area contributed by atoms with Crippen molar-refractivity contribution in [3.63, 3.8) is 0 Å². The molecule has 0 atom stereocenters. The molecule has 124 valence electrons. The molecular formula is C17H20ClNO3S. The van der Waals surface area contributed by atoms with E-state index in [0.717, 1.165) is 12.8 Å². The third-order valence-corrected chi connectivity index (χ3v) is 4.87. The number of nitrogens with one attached hydrogen (secondary N) is 1. The lowest BCUT2D eigenvalue weighted by atomic mass is 10.1. The van der Waals surface area contributed by atoms with Crippen molar-refractivity contribution < 1.29 is 14.3 Å². The number of ether oxygens (including phenoxy) is 2. The van der Waals surface area contributed by atoms with Crippen molar-refractivity contribution in [1.29, 1.82) is 0 Å². The van der Waals surface area contributed by atoms with Crippen molar-refractivity contribution in [1.82, 2.24) is 0 Å². The predicted molar refractivity (Wildman–Crippen MR) is 95.6 cm³/mol. The van der Waals surface area contributed by atoms with E-state index in [4.69, 9.17) is 21.1 Å². The number of hydrogen-bond donors (Lipinski definition) is 1.